The molecule has 1 unspecified atom stereocenters. The summed E-state index contributed by atoms with van der Waals surface area (Å²) in [6.07, 6.45) is 13.9. The van der Waals surface area contributed by atoms with Gasteiger partial charge in [0, 0.05) is 22.6 Å². The van der Waals surface area contributed by atoms with E-state index in [2.05, 4.69) is 5.32 Å². The van der Waals surface area contributed by atoms with Crippen molar-refractivity contribution in [1.82, 2.24) is 5.32 Å². The van der Waals surface area contributed by atoms with Crippen LogP contribution in [0.25, 0.3) is 0 Å². The molecule has 0 radical (unpaired) electrons. The van der Waals surface area contributed by atoms with Crippen LogP contribution in [0.15, 0.2) is 106 Å². The number of fused-ring (bicyclic) bond motifs is 5. The Morgan fingerprint density at radius 3 is 2.41 bits per heavy atom. The molecule has 0 saturated heterocycles. The van der Waals surface area contributed by atoms with Gasteiger partial charge in [0.05, 0.1) is 17.0 Å². The molecule has 29 heavy (non-hydrogen) atoms. The van der Waals surface area contributed by atoms with Gasteiger partial charge in [-0.05, 0) is 29.2 Å². The average molecular weight is 377 g/mol. The van der Waals surface area contributed by atoms with E-state index >= 15 is 0 Å². The van der Waals surface area contributed by atoms with Crippen LogP contribution in [0.2, 0.25) is 0 Å². The maximum Gasteiger partial charge on any atom is 0.201 e. The van der Waals surface area contributed by atoms with Gasteiger partial charge in [0.1, 0.15) is 0 Å². The first-order chi connectivity index (χ1) is 14.1. The summed E-state index contributed by atoms with van der Waals surface area (Å²) in [6, 6.07) is 6.94. The van der Waals surface area contributed by atoms with Gasteiger partial charge < -0.3 is 5.32 Å². The highest BCUT2D eigenvalue weighted by Gasteiger charge is 2.43. The van der Waals surface area contributed by atoms with Crippen LogP contribution in [0.5, 0.6) is 0 Å². The SMILES string of the molecule is O=C1C=CCC2=C1NC1=C3C(=O)c4ccccc4C(=O)C3=C3C=CC=CC3C1=C2. The number of rotatable bonds is 0. The minimum Gasteiger partial charge on any atom is -0.351 e. The highest BCUT2D eigenvalue weighted by atomic mass is 16.1. The molecule has 1 atom stereocenters. The monoisotopic (exact) mass is 377 g/mol. The van der Waals surface area contributed by atoms with Crippen molar-refractivity contribution in [2.45, 2.75) is 6.42 Å². The number of benzene rings is 1. The van der Waals surface area contributed by atoms with Crippen molar-refractivity contribution in [3.8, 4) is 0 Å². The zero-order valence-electron chi connectivity index (χ0n) is 15.4. The van der Waals surface area contributed by atoms with E-state index in [-0.39, 0.29) is 23.3 Å². The van der Waals surface area contributed by atoms with E-state index in [0.717, 1.165) is 16.7 Å². The molecule has 6 rings (SSSR count). The number of allylic oxidation sites excluding steroid dienone is 12. The highest BCUT2D eigenvalue weighted by molar-refractivity contribution is 6.32. The lowest BCUT2D eigenvalue weighted by atomic mass is 9.68. The van der Waals surface area contributed by atoms with Crippen molar-refractivity contribution in [2.24, 2.45) is 5.92 Å². The largest absolute Gasteiger partial charge is 0.351 e. The average Bonchev–Trinajstić information content (AvgIpc) is 2.76. The number of nitrogens with one attached hydrogen (secondary N) is 1. The Labute approximate surface area is 167 Å². The molecule has 1 aromatic rings. The van der Waals surface area contributed by atoms with Crippen LogP contribution in [0.1, 0.15) is 27.1 Å². The first kappa shape index (κ1) is 16.2. The quantitative estimate of drug-likeness (QED) is 0.749. The third-order valence-electron chi connectivity index (χ3n) is 6.06. The molecule has 5 aliphatic rings. The smallest absolute Gasteiger partial charge is 0.201 e. The molecule has 1 aromatic carbocycles. The predicted molar refractivity (Wildman–Crippen MR) is 108 cm³/mol. The number of hydrogen-bond acceptors (Lipinski definition) is 4. The Morgan fingerprint density at radius 1 is 0.862 bits per heavy atom. The second kappa shape index (κ2) is 5.61. The third-order valence-corrected chi connectivity index (χ3v) is 6.06. The van der Waals surface area contributed by atoms with Crippen molar-refractivity contribution in [1.29, 1.82) is 0 Å². The van der Waals surface area contributed by atoms with Gasteiger partial charge in [0.25, 0.3) is 0 Å². The fraction of sp³-hybridized carbons (Fsp3) is 0.0800. The Hall–Kier alpha value is -3.79. The van der Waals surface area contributed by atoms with Crippen LogP contribution in [0.3, 0.4) is 0 Å². The third kappa shape index (κ3) is 2.06. The molecular formula is C25H15NO3. The van der Waals surface area contributed by atoms with Crippen molar-refractivity contribution in [2.75, 3.05) is 0 Å². The maximum absolute atomic E-state index is 13.5. The molecule has 4 nitrogen and oxygen atoms in total. The van der Waals surface area contributed by atoms with Crippen LogP contribution < -0.4 is 5.32 Å². The van der Waals surface area contributed by atoms with E-state index in [1.54, 1.807) is 30.3 Å². The Kier molecular flexibility index (Phi) is 3.13. The molecule has 1 heterocycles. The van der Waals surface area contributed by atoms with Crippen molar-refractivity contribution < 1.29 is 14.4 Å². The van der Waals surface area contributed by atoms with Crippen LogP contribution in [0.4, 0.5) is 0 Å². The van der Waals surface area contributed by atoms with Gasteiger partial charge in [-0.2, -0.15) is 0 Å². The molecule has 0 saturated carbocycles. The number of carbonyl (C=O) groups excluding carboxylic acids is 3. The molecule has 0 aromatic heterocycles. The Balaban J connectivity index is 1.67. The summed E-state index contributed by atoms with van der Waals surface area (Å²) < 4.78 is 0. The molecule has 4 heteroatoms. The van der Waals surface area contributed by atoms with Gasteiger partial charge in [-0.3, -0.25) is 14.4 Å². The fourth-order valence-corrected chi connectivity index (χ4v) is 4.76. The van der Waals surface area contributed by atoms with Gasteiger partial charge in [-0.1, -0.05) is 60.7 Å². The van der Waals surface area contributed by atoms with Gasteiger partial charge in [0.15, 0.2) is 11.6 Å². The lowest BCUT2D eigenvalue weighted by Gasteiger charge is -2.37. The lowest BCUT2D eigenvalue weighted by Crippen LogP contribution is -2.37. The number of hydrogen-bond donors (Lipinski definition) is 1. The van der Waals surface area contributed by atoms with E-state index in [1.165, 1.54) is 0 Å². The molecular weight excluding hydrogens is 362 g/mol. The molecule has 0 spiro atoms. The zero-order chi connectivity index (χ0) is 19.7. The summed E-state index contributed by atoms with van der Waals surface area (Å²) in [4.78, 5) is 39.4. The molecule has 1 aliphatic heterocycles. The first-order valence-corrected chi connectivity index (χ1v) is 9.60. The minimum absolute atomic E-state index is 0.111. The number of Topliss-reactive ketones (excluding diaryl/α,β-unsaturated/α-hetero) is 2. The molecule has 1 N–H and O–H groups in total. The zero-order valence-corrected chi connectivity index (χ0v) is 15.4. The molecule has 4 aliphatic carbocycles. The van der Waals surface area contributed by atoms with Gasteiger partial charge >= 0.3 is 0 Å². The number of ketones is 3. The van der Waals surface area contributed by atoms with Crippen LogP contribution in [-0.2, 0) is 4.79 Å². The Morgan fingerprint density at radius 2 is 1.62 bits per heavy atom. The summed E-state index contributed by atoms with van der Waals surface area (Å²) in [7, 11) is 0. The van der Waals surface area contributed by atoms with Gasteiger partial charge in [0.2, 0.25) is 5.78 Å². The standard InChI is InChI=1S/C25H15NO3/c27-19-11-5-6-13-12-18-14-7-1-2-8-15(14)20-21(23(18)26-22(13)19)25(29)17-10-4-3-9-16(17)24(20)28/h1-5,7-12,14,26H,6H2. The van der Waals surface area contributed by atoms with Gasteiger partial charge in [-0.25, -0.2) is 0 Å². The van der Waals surface area contributed by atoms with Crippen LogP contribution >= 0.6 is 0 Å². The maximum atomic E-state index is 13.5. The summed E-state index contributed by atoms with van der Waals surface area (Å²) in [6.45, 7) is 0. The van der Waals surface area contributed by atoms with Crippen molar-refractivity contribution >= 4 is 17.3 Å². The van der Waals surface area contributed by atoms with Crippen molar-refractivity contribution in [3.05, 3.63) is 117 Å². The van der Waals surface area contributed by atoms with E-state index < -0.39 is 0 Å². The van der Waals surface area contributed by atoms with E-state index in [1.807, 2.05) is 36.5 Å². The summed E-state index contributed by atoms with van der Waals surface area (Å²) >= 11 is 0. The van der Waals surface area contributed by atoms with E-state index in [9.17, 15) is 14.4 Å². The second-order valence-electron chi connectivity index (χ2n) is 7.60. The number of dihydropyridines is 1. The number of carbonyl (C=O) groups is 3. The van der Waals surface area contributed by atoms with Gasteiger partial charge in [-0.15, -0.1) is 0 Å². The molecule has 138 valence electrons. The topological polar surface area (TPSA) is 63.2 Å². The molecule has 0 amide bonds. The Bertz CT molecular complexity index is 1290. The normalized spacial score (nSPS) is 23.9. The van der Waals surface area contributed by atoms with E-state index in [4.69, 9.17) is 0 Å². The summed E-state index contributed by atoms with van der Waals surface area (Å²) in [5.74, 6) is -0.558. The summed E-state index contributed by atoms with van der Waals surface area (Å²) in [5.41, 5.74) is 5.44. The van der Waals surface area contributed by atoms with Crippen LogP contribution in [0, 0.1) is 5.92 Å². The fourth-order valence-electron chi connectivity index (χ4n) is 4.76. The molecule has 0 fully saturated rings. The molecule has 0 bridgehead atoms. The van der Waals surface area contributed by atoms with Crippen molar-refractivity contribution in [3.63, 3.8) is 0 Å². The summed E-state index contributed by atoms with van der Waals surface area (Å²) in [5, 5.41) is 3.25. The minimum atomic E-state index is -0.180. The highest BCUT2D eigenvalue weighted by Crippen LogP contribution is 2.47. The second-order valence-corrected chi connectivity index (χ2v) is 7.60. The lowest BCUT2D eigenvalue weighted by molar-refractivity contribution is -0.111. The first-order valence-electron chi connectivity index (χ1n) is 9.60. The van der Waals surface area contributed by atoms with E-state index in [0.29, 0.717) is 40.1 Å². The predicted octanol–water partition coefficient (Wildman–Crippen LogP) is 3.68. The van der Waals surface area contributed by atoms with Crippen LogP contribution in [-0.4, -0.2) is 17.3 Å².